The van der Waals surface area contributed by atoms with Crippen LogP contribution in [0.4, 0.5) is 8.78 Å². The maximum Gasteiger partial charge on any atom is 0.261 e. The second-order valence-electron chi connectivity index (χ2n) is 13.2. The van der Waals surface area contributed by atoms with Crippen LogP contribution in [-0.2, 0) is 4.74 Å². The molecule has 6 aliphatic rings. The largest absolute Gasteiger partial charge is 0.359 e. The van der Waals surface area contributed by atoms with Crippen LogP contribution in [0.3, 0.4) is 0 Å². The fraction of sp³-hybridized carbons (Fsp3) is 0.594. The van der Waals surface area contributed by atoms with Gasteiger partial charge in [0.15, 0.2) is 0 Å². The van der Waals surface area contributed by atoms with Crippen LogP contribution in [0.25, 0.3) is 10.8 Å². The lowest BCUT2D eigenvalue weighted by Crippen LogP contribution is -2.55. The van der Waals surface area contributed by atoms with E-state index in [9.17, 15) is 8.78 Å². The molecule has 8 rings (SSSR count). The highest BCUT2D eigenvalue weighted by Crippen LogP contribution is 2.69. The van der Waals surface area contributed by atoms with Gasteiger partial charge >= 0.3 is 0 Å². The summed E-state index contributed by atoms with van der Waals surface area (Å²) in [6, 6.07) is 9.26. The summed E-state index contributed by atoms with van der Waals surface area (Å²) in [7, 11) is 0. The molecule has 0 radical (unpaired) electrons. The van der Waals surface area contributed by atoms with Crippen molar-refractivity contribution in [3.8, 4) is 0 Å². The van der Waals surface area contributed by atoms with Crippen LogP contribution in [0.1, 0.15) is 76.2 Å². The molecule has 0 unspecified atom stereocenters. The molecule has 4 heterocycles. The summed E-state index contributed by atoms with van der Waals surface area (Å²) in [6.07, 6.45) is 17.3. The van der Waals surface area contributed by atoms with Crippen molar-refractivity contribution in [3.63, 3.8) is 0 Å². The van der Waals surface area contributed by atoms with Crippen molar-refractivity contribution in [2.45, 2.75) is 93.8 Å². The minimum absolute atomic E-state index is 0.00350. The van der Waals surface area contributed by atoms with Gasteiger partial charge in [0.1, 0.15) is 0 Å². The van der Waals surface area contributed by atoms with Crippen LogP contribution in [0.15, 0.2) is 60.0 Å². The third-order valence-corrected chi connectivity index (χ3v) is 11.4. The lowest BCUT2D eigenvalue weighted by atomic mass is 9.58. The van der Waals surface area contributed by atoms with Crippen LogP contribution < -0.4 is 0 Å². The first-order chi connectivity index (χ1) is 17.8. The van der Waals surface area contributed by atoms with Gasteiger partial charge in [-0.3, -0.25) is 9.88 Å². The summed E-state index contributed by atoms with van der Waals surface area (Å²) < 4.78 is 35.5. The first kappa shape index (κ1) is 22.8. The Hall–Kier alpha value is -2.11. The van der Waals surface area contributed by atoms with Gasteiger partial charge in [-0.2, -0.15) is 0 Å². The smallest absolute Gasteiger partial charge is 0.261 e. The number of benzene rings is 1. The molecule has 4 fully saturated rings. The summed E-state index contributed by atoms with van der Waals surface area (Å²) >= 11 is 0. The Labute approximate surface area is 218 Å². The zero-order valence-electron chi connectivity index (χ0n) is 21.7. The van der Waals surface area contributed by atoms with E-state index in [1.54, 1.807) is 0 Å². The SMILES string of the molecule is C[C@]12CC=C3C=C4CC[C@H](N5CCC(F)(F)C5)C[C@]45CC[C@]3(O5)[C@@H]1CC[C@@H]2c1ccc2ccncc2c1. The number of pyridine rings is 1. The van der Waals surface area contributed by atoms with Gasteiger partial charge < -0.3 is 4.74 Å². The van der Waals surface area contributed by atoms with E-state index in [1.165, 1.54) is 40.3 Å². The Morgan fingerprint density at radius 3 is 2.84 bits per heavy atom. The van der Waals surface area contributed by atoms with Crippen molar-refractivity contribution in [2.75, 3.05) is 13.1 Å². The molecular weight excluding hydrogens is 466 g/mol. The number of allylic oxidation sites excluding steroid dienone is 1. The zero-order chi connectivity index (χ0) is 25.0. The van der Waals surface area contributed by atoms with Crippen molar-refractivity contribution in [1.29, 1.82) is 0 Å². The van der Waals surface area contributed by atoms with Gasteiger partial charge in [0.25, 0.3) is 5.92 Å². The van der Waals surface area contributed by atoms with Crippen LogP contribution >= 0.6 is 0 Å². The fourth-order valence-corrected chi connectivity index (χ4v) is 9.64. The quantitative estimate of drug-likeness (QED) is 0.435. The number of nitrogens with zero attached hydrogens (tertiary/aromatic N) is 2. The minimum atomic E-state index is -2.53. The standard InChI is InChI=1S/C32H36F2N2O/c1-29-10-8-25-17-24-4-5-26(36-15-13-31(33,34)20-36)18-30(24)11-12-32(25,37-30)28(29)7-6-27(29)22-3-2-21-9-14-35-19-23(21)16-22/h2-3,8-9,14,16-17,19,26-28H,4-7,10-13,15,18,20H2,1H3/t26-,27+,28+,29+,30+,32+/m0/s1. The third kappa shape index (κ3) is 3.13. The highest BCUT2D eigenvalue weighted by atomic mass is 19.3. The number of ether oxygens (including phenoxy) is 1. The second kappa shape index (κ2) is 7.51. The number of halogens is 2. The fourth-order valence-electron chi connectivity index (χ4n) is 9.64. The number of fused-ring (bicyclic) bond motifs is 2. The summed E-state index contributed by atoms with van der Waals surface area (Å²) in [5.74, 6) is -1.54. The average molecular weight is 503 g/mol. The van der Waals surface area contributed by atoms with E-state index in [-0.39, 0.29) is 35.6 Å². The van der Waals surface area contributed by atoms with E-state index < -0.39 is 5.92 Å². The first-order valence-corrected chi connectivity index (χ1v) is 14.4. The molecular formula is C32H36F2N2O. The second-order valence-corrected chi connectivity index (χ2v) is 13.2. The summed E-state index contributed by atoms with van der Waals surface area (Å²) in [5.41, 5.74) is 4.00. The molecule has 2 saturated heterocycles. The summed E-state index contributed by atoms with van der Waals surface area (Å²) in [4.78, 5) is 6.43. The van der Waals surface area contributed by atoms with Crippen LogP contribution in [-0.4, -0.2) is 46.1 Å². The number of aromatic nitrogens is 1. The van der Waals surface area contributed by atoms with E-state index in [0.717, 1.165) is 38.5 Å². The Morgan fingerprint density at radius 1 is 1.05 bits per heavy atom. The first-order valence-electron chi connectivity index (χ1n) is 14.4. The lowest BCUT2D eigenvalue weighted by molar-refractivity contribution is -0.141. The van der Waals surface area contributed by atoms with Crippen LogP contribution in [0, 0.1) is 11.3 Å². The molecule has 2 saturated carbocycles. The van der Waals surface area contributed by atoms with Crippen molar-refractivity contribution in [1.82, 2.24) is 9.88 Å². The normalized spacial score (nSPS) is 42.2. The van der Waals surface area contributed by atoms with E-state index in [0.29, 0.717) is 18.4 Å². The zero-order valence-corrected chi connectivity index (χ0v) is 21.7. The molecule has 0 amide bonds. The molecule has 0 N–H and O–H groups in total. The molecule has 6 atom stereocenters. The van der Waals surface area contributed by atoms with Crippen molar-refractivity contribution in [2.24, 2.45) is 11.3 Å². The molecule has 2 spiro atoms. The van der Waals surface area contributed by atoms with E-state index in [1.807, 2.05) is 12.4 Å². The van der Waals surface area contributed by atoms with E-state index in [2.05, 4.69) is 53.2 Å². The van der Waals surface area contributed by atoms with E-state index >= 15 is 0 Å². The van der Waals surface area contributed by atoms with Gasteiger partial charge in [0.05, 0.1) is 17.7 Å². The molecule has 5 heteroatoms. The number of rotatable bonds is 2. The maximum absolute atomic E-state index is 14.0. The Kier molecular flexibility index (Phi) is 4.63. The highest BCUT2D eigenvalue weighted by Gasteiger charge is 2.66. The Morgan fingerprint density at radius 2 is 1.97 bits per heavy atom. The maximum atomic E-state index is 14.0. The van der Waals surface area contributed by atoms with Crippen molar-refractivity contribution >= 4 is 10.8 Å². The predicted molar refractivity (Wildman–Crippen MR) is 141 cm³/mol. The van der Waals surface area contributed by atoms with Crippen LogP contribution in [0.2, 0.25) is 0 Å². The molecule has 194 valence electrons. The van der Waals surface area contributed by atoms with Crippen molar-refractivity contribution in [3.05, 3.63) is 65.5 Å². The van der Waals surface area contributed by atoms with Gasteiger partial charge in [-0.05, 0) is 103 Å². The van der Waals surface area contributed by atoms with Gasteiger partial charge in [0.2, 0.25) is 0 Å². The van der Waals surface area contributed by atoms with Gasteiger partial charge in [-0.15, -0.1) is 0 Å². The molecule has 2 aromatic rings. The third-order valence-electron chi connectivity index (χ3n) is 11.4. The predicted octanol–water partition coefficient (Wildman–Crippen LogP) is 7.19. The number of hydrogen-bond acceptors (Lipinski definition) is 3. The molecule has 1 aromatic heterocycles. The molecule has 3 nitrogen and oxygen atoms in total. The van der Waals surface area contributed by atoms with Crippen LogP contribution in [0.5, 0.6) is 0 Å². The summed E-state index contributed by atoms with van der Waals surface area (Å²) in [6.45, 7) is 2.95. The average Bonchev–Trinajstić information content (AvgIpc) is 3.54. The molecule has 37 heavy (non-hydrogen) atoms. The van der Waals surface area contributed by atoms with Gasteiger partial charge in [-0.25, -0.2) is 8.78 Å². The van der Waals surface area contributed by atoms with Gasteiger partial charge in [0, 0.05) is 36.8 Å². The monoisotopic (exact) mass is 502 g/mol. The van der Waals surface area contributed by atoms with E-state index in [4.69, 9.17) is 4.74 Å². The topological polar surface area (TPSA) is 25.4 Å². The molecule has 3 aliphatic carbocycles. The lowest BCUT2D eigenvalue weighted by Gasteiger charge is -2.55. The summed E-state index contributed by atoms with van der Waals surface area (Å²) in [5, 5.41) is 2.47. The van der Waals surface area contributed by atoms with Gasteiger partial charge in [-0.1, -0.05) is 31.2 Å². The minimum Gasteiger partial charge on any atom is -0.359 e. The number of hydrogen-bond donors (Lipinski definition) is 0. The molecule has 3 aliphatic heterocycles. The number of likely N-dealkylation sites (tertiary alicyclic amines) is 1. The highest BCUT2D eigenvalue weighted by molar-refractivity contribution is 5.82. The molecule has 2 bridgehead atoms. The number of alkyl halides is 2. The Bertz CT molecular complexity index is 1350. The van der Waals surface area contributed by atoms with Crippen molar-refractivity contribution < 1.29 is 13.5 Å². The Balaban J connectivity index is 1.12. The molecule has 1 aromatic carbocycles.